The van der Waals surface area contributed by atoms with E-state index in [1.807, 2.05) is 37.3 Å². The summed E-state index contributed by atoms with van der Waals surface area (Å²) in [5.74, 6) is -0.0538. The Hall–Kier alpha value is -1.88. The first-order valence-electron chi connectivity index (χ1n) is 8.11. The molecule has 0 aliphatic heterocycles. The minimum Gasteiger partial charge on any atom is -0.329 e. The Morgan fingerprint density at radius 1 is 1.17 bits per heavy atom. The maximum atomic E-state index is 12.3. The molecule has 3 N–H and O–H groups in total. The maximum Gasteiger partial charge on any atom is 0.238 e. The van der Waals surface area contributed by atoms with E-state index in [0.29, 0.717) is 24.7 Å². The molecule has 0 saturated carbocycles. The van der Waals surface area contributed by atoms with E-state index in [4.69, 9.17) is 17.3 Å². The number of hydrogen-bond donors (Lipinski definition) is 2. The summed E-state index contributed by atoms with van der Waals surface area (Å²) in [7, 11) is 0. The van der Waals surface area contributed by atoms with Gasteiger partial charge < -0.3 is 11.1 Å². The van der Waals surface area contributed by atoms with Crippen molar-refractivity contribution in [1.29, 1.82) is 0 Å². The molecular formula is C19H24ClN3O. The third-order valence-electron chi connectivity index (χ3n) is 3.85. The van der Waals surface area contributed by atoms with E-state index in [-0.39, 0.29) is 5.91 Å². The predicted molar refractivity (Wildman–Crippen MR) is 100 cm³/mol. The zero-order valence-electron chi connectivity index (χ0n) is 14.0. The van der Waals surface area contributed by atoms with Gasteiger partial charge in [0.1, 0.15) is 0 Å². The van der Waals surface area contributed by atoms with Crippen LogP contribution in [0, 0.1) is 6.92 Å². The van der Waals surface area contributed by atoms with Gasteiger partial charge in [-0.1, -0.05) is 48.0 Å². The summed E-state index contributed by atoms with van der Waals surface area (Å²) in [5, 5.41) is 3.54. The zero-order chi connectivity index (χ0) is 17.4. The van der Waals surface area contributed by atoms with Crippen LogP contribution in [0.25, 0.3) is 0 Å². The summed E-state index contributed by atoms with van der Waals surface area (Å²) < 4.78 is 0. The molecule has 0 unspecified atom stereocenters. The molecule has 2 aromatic carbocycles. The number of rotatable bonds is 8. The maximum absolute atomic E-state index is 12.3. The van der Waals surface area contributed by atoms with Crippen LogP contribution >= 0.6 is 11.6 Å². The lowest BCUT2D eigenvalue weighted by atomic mass is 10.1. The van der Waals surface area contributed by atoms with Crippen LogP contribution in [0.4, 0.5) is 5.69 Å². The summed E-state index contributed by atoms with van der Waals surface area (Å²) in [4.78, 5) is 14.4. The molecule has 1 amide bonds. The normalized spacial score (nSPS) is 10.8. The Morgan fingerprint density at radius 2 is 1.92 bits per heavy atom. The van der Waals surface area contributed by atoms with E-state index in [0.717, 1.165) is 24.2 Å². The first kappa shape index (κ1) is 18.5. The molecule has 4 nitrogen and oxygen atoms in total. The van der Waals surface area contributed by atoms with E-state index in [9.17, 15) is 4.79 Å². The molecule has 24 heavy (non-hydrogen) atoms. The molecule has 2 aromatic rings. The SMILES string of the molecule is Cc1ccc(Cl)cc1NC(=O)CN(CCN)CCc1ccccc1. The lowest BCUT2D eigenvalue weighted by molar-refractivity contribution is -0.117. The first-order chi connectivity index (χ1) is 11.6. The predicted octanol–water partition coefficient (Wildman–Crippen LogP) is 3.09. The fourth-order valence-electron chi connectivity index (χ4n) is 2.51. The van der Waals surface area contributed by atoms with Crippen molar-refractivity contribution in [2.24, 2.45) is 5.73 Å². The van der Waals surface area contributed by atoms with E-state index in [1.165, 1.54) is 5.56 Å². The topological polar surface area (TPSA) is 58.4 Å². The van der Waals surface area contributed by atoms with Crippen molar-refractivity contribution in [1.82, 2.24) is 4.90 Å². The van der Waals surface area contributed by atoms with Crippen LogP contribution in [0.1, 0.15) is 11.1 Å². The molecule has 5 heteroatoms. The number of benzene rings is 2. The van der Waals surface area contributed by atoms with Gasteiger partial charge in [-0.15, -0.1) is 0 Å². The van der Waals surface area contributed by atoms with Crippen LogP contribution in [0.2, 0.25) is 5.02 Å². The third-order valence-corrected chi connectivity index (χ3v) is 4.08. The molecule has 0 atom stereocenters. The van der Waals surface area contributed by atoms with Gasteiger partial charge in [0.2, 0.25) is 5.91 Å². The number of anilines is 1. The fourth-order valence-corrected chi connectivity index (χ4v) is 2.68. The van der Waals surface area contributed by atoms with Crippen LogP contribution in [0.5, 0.6) is 0 Å². The summed E-state index contributed by atoms with van der Waals surface area (Å²) in [6, 6.07) is 15.7. The van der Waals surface area contributed by atoms with Gasteiger partial charge in [-0.25, -0.2) is 0 Å². The lowest BCUT2D eigenvalue weighted by Gasteiger charge is -2.21. The Kier molecular flexibility index (Phi) is 7.25. The van der Waals surface area contributed by atoms with E-state index in [2.05, 4.69) is 22.3 Å². The van der Waals surface area contributed by atoms with Crippen molar-refractivity contribution < 1.29 is 4.79 Å². The summed E-state index contributed by atoms with van der Waals surface area (Å²) in [5.41, 5.74) is 8.68. The number of nitrogens with two attached hydrogens (primary N) is 1. The van der Waals surface area contributed by atoms with Gasteiger partial charge >= 0.3 is 0 Å². The second-order valence-electron chi connectivity index (χ2n) is 5.81. The number of hydrogen-bond acceptors (Lipinski definition) is 3. The number of carbonyl (C=O) groups is 1. The minimum absolute atomic E-state index is 0.0538. The Morgan fingerprint density at radius 3 is 2.62 bits per heavy atom. The van der Waals surface area contributed by atoms with Gasteiger partial charge in [-0.2, -0.15) is 0 Å². The van der Waals surface area contributed by atoms with E-state index < -0.39 is 0 Å². The second-order valence-corrected chi connectivity index (χ2v) is 6.24. The summed E-state index contributed by atoms with van der Waals surface area (Å²) in [6.45, 7) is 4.27. The molecule has 0 bridgehead atoms. The van der Waals surface area contributed by atoms with E-state index in [1.54, 1.807) is 6.07 Å². The van der Waals surface area contributed by atoms with Gasteiger partial charge in [-0.3, -0.25) is 9.69 Å². The van der Waals surface area contributed by atoms with Gasteiger partial charge in [0.15, 0.2) is 0 Å². The summed E-state index contributed by atoms with van der Waals surface area (Å²) >= 11 is 6.00. The van der Waals surface area contributed by atoms with Gasteiger partial charge in [-0.05, 0) is 36.6 Å². The highest BCUT2D eigenvalue weighted by molar-refractivity contribution is 6.31. The smallest absolute Gasteiger partial charge is 0.238 e. The Balaban J connectivity index is 1.91. The third kappa shape index (κ3) is 5.96. The number of aryl methyl sites for hydroxylation is 1. The van der Waals surface area contributed by atoms with Crippen LogP contribution < -0.4 is 11.1 Å². The number of nitrogens with one attached hydrogen (secondary N) is 1. The zero-order valence-corrected chi connectivity index (χ0v) is 14.7. The van der Waals surface area contributed by atoms with Gasteiger partial charge in [0.25, 0.3) is 0 Å². The molecule has 0 saturated heterocycles. The molecule has 0 heterocycles. The fraction of sp³-hybridized carbons (Fsp3) is 0.316. The first-order valence-corrected chi connectivity index (χ1v) is 8.48. The lowest BCUT2D eigenvalue weighted by Crippen LogP contribution is -2.38. The van der Waals surface area contributed by atoms with Gasteiger partial charge in [0, 0.05) is 30.3 Å². The van der Waals surface area contributed by atoms with Crippen molar-refractivity contribution in [3.05, 3.63) is 64.7 Å². The molecule has 0 radical (unpaired) electrons. The van der Waals surface area contributed by atoms with Crippen molar-refractivity contribution in [2.75, 3.05) is 31.5 Å². The van der Waals surface area contributed by atoms with Crippen LogP contribution in [-0.2, 0) is 11.2 Å². The number of nitrogens with zero attached hydrogens (tertiary/aromatic N) is 1. The largest absolute Gasteiger partial charge is 0.329 e. The Bertz CT molecular complexity index is 661. The second kappa shape index (κ2) is 9.42. The molecule has 0 aromatic heterocycles. The van der Waals surface area contributed by atoms with Crippen molar-refractivity contribution in [3.8, 4) is 0 Å². The van der Waals surface area contributed by atoms with E-state index >= 15 is 0 Å². The van der Waals surface area contributed by atoms with Crippen LogP contribution in [0.15, 0.2) is 48.5 Å². The molecule has 2 rings (SSSR count). The molecule has 0 spiro atoms. The summed E-state index contributed by atoms with van der Waals surface area (Å²) in [6.07, 6.45) is 0.893. The van der Waals surface area contributed by atoms with Crippen molar-refractivity contribution >= 4 is 23.2 Å². The average molecular weight is 346 g/mol. The minimum atomic E-state index is -0.0538. The number of amides is 1. The Labute approximate surface area is 148 Å². The molecular weight excluding hydrogens is 322 g/mol. The van der Waals surface area contributed by atoms with Crippen molar-refractivity contribution in [3.63, 3.8) is 0 Å². The molecule has 0 fully saturated rings. The standard InChI is InChI=1S/C19H24ClN3O/c1-15-7-8-17(20)13-18(15)22-19(24)14-23(12-10-21)11-9-16-5-3-2-4-6-16/h2-8,13H,9-12,14,21H2,1H3,(H,22,24). The highest BCUT2D eigenvalue weighted by Crippen LogP contribution is 2.20. The monoisotopic (exact) mass is 345 g/mol. The molecule has 0 aliphatic carbocycles. The van der Waals surface area contributed by atoms with Crippen LogP contribution in [0.3, 0.4) is 0 Å². The average Bonchev–Trinajstić information content (AvgIpc) is 2.57. The number of carbonyl (C=O) groups excluding carboxylic acids is 1. The molecule has 128 valence electrons. The highest BCUT2D eigenvalue weighted by atomic mass is 35.5. The number of halogens is 1. The van der Waals surface area contributed by atoms with Gasteiger partial charge in [0.05, 0.1) is 6.54 Å². The quantitative estimate of drug-likeness (QED) is 0.773. The highest BCUT2D eigenvalue weighted by Gasteiger charge is 2.11. The van der Waals surface area contributed by atoms with Crippen molar-refractivity contribution in [2.45, 2.75) is 13.3 Å². The van der Waals surface area contributed by atoms with Crippen LogP contribution in [-0.4, -0.2) is 37.0 Å². The molecule has 0 aliphatic rings.